The zero-order valence-corrected chi connectivity index (χ0v) is 17.7. The highest BCUT2D eigenvalue weighted by Crippen LogP contribution is 2.27. The summed E-state index contributed by atoms with van der Waals surface area (Å²) in [6, 6.07) is 7.81. The lowest BCUT2D eigenvalue weighted by Gasteiger charge is -2.31. The molecule has 0 bridgehead atoms. The van der Waals surface area contributed by atoms with Crippen molar-refractivity contribution in [3.05, 3.63) is 41.2 Å². The number of amides is 1. The average molecular weight is 399 g/mol. The maximum atomic E-state index is 12.6. The van der Waals surface area contributed by atoms with Crippen molar-refractivity contribution in [1.82, 2.24) is 15.3 Å². The molecule has 7 nitrogen and oxygen atoms in total. The number of nitrogens with zero attached hydrogens (tertiary/aromatic N) is 3. The van der Waals surface area contributed by atoms with Gasteiger partial charge in [0.2, 0.25) is 11.9 Å². The molecule has 2 heterocycles. The first-order valence-electron chi connectivity index (χ1n) is 10.1. The van der Waals surface area contributed by atoms with Gasteiger partial charge in [-0.3, -0.25) is 4.79 Å². The molecule has 1 aromatic heterocycles. The van der Waals surface area contributed by atoms with E-state index in [9.17, 15) is 4.79 Å². The van der Waals surface area contributed by atoms with E-state index in [0.717, 1.165) is 55.3 Å². The molecule has 1 saturated heterocycles. The Morgan fingerprint density at radius 1 is 1.07 bits per heavy atom. The molecule has 156 valence electrons. The monoisotopic (exact) mass is 398 g/mol. The lowest BCUT2D eigenvalue weighted by molar-refractivity contribution is -0.125. The Hall–Kier alpha value is -2.83. The number of carbonyl (C=O) groups is 1. The number of anilines is 1. The summed E-state index contributed by atoms with van der Waals surface area (Å²) in [6.07, 6.45) is 2.39. The van der Waals surface area contributed by atoms with Crippen LogP contribution in [-0.4, -0.2) is 49.7 Å². The zero-order chi connectivity index (χ0) is 20.8. The molecule has 0 unspecified atom stereocenters. The van der Waals surface area contributed by atoms with Gasteiger partial charge in [0, 0.05) is 36.9 Å². The van der Waals surface area contributed by atoms with Gasteiger partial charge in [0.25, 0.3) is 0 Å². The van der Waals surface area contributed by atoms with Gasteiger partial charge in [0.1, 0.15) is 0 Å². The van der Waals surface area contributed by atoms with Gasteiger partial charge in [0.15, 0.2) is 11.5 Å². The minimum Gasteiger partial charge on any atom is -0.493 e. The zero-order valence-electron chi connectivity index (χ0n) is 17.7. The second-order valence-electron chi connectivity index (χ2n) is 7.44. The molecule has 1 amide bonds. The fourth-order valence-electron chi connectivity index (χ4n) is 3.70. The lowest BCUT2D eigenvalue weighted by Crippen LogP contribution is -2.41. The number of piperidine rings is 1. The van der Waals surface area contributed by atoms with Crippen LogP contribution in [0.3, 0.4) is 0 Å². The number of carbonyl (C=O) groups excluding carboxylic acids is 1. The number of hydrogen-bond acceptors (Lipinski definition) is 6. The van der Waals surface area contributed by atoms with Crippen LogP contribution in [0.25, 0.3) is 0 Å². The van der Waals surface area contributed by atoms with Crippen LogP contribution in [-0.2, 0) is 11.2 Å². The van der Waals surface area contributed by atoms with Crippen molar-refractivity contribution in [3.8, 4) is 11.5 Å². The number of benzene rings is 1. The Balaban J connectivity index is 1.46. The van der Waals surface area contributed by atoms with E-state index in [-0.39, 0.29) is 11.8 Å². The fraction of sp³-hybridized carbons (Fsp3) is 0.500. The van der Waals surface area contributed by atoms with Crippen molar-refractivity contribution in [3.63, 3.8) is 0 Å². The van der Waals surface area contributed by atoms with Crippen LogP contribution >= 0.6 is 0 Å². The molecule has 0 atom stereocenters. The van der Waals surface area contributed by atoms with Gasteiger partial charge in [0.05, 0.1) is 14.2 Å². The molecule has 1 aromatic carbocycles. The first-order valence-corrected chi connectivity index (χ1v) is 10.1. The minimum atomic E-state index is 0.0440. The third-order valence-corrected chi connectivity index (χ3v) is 5.28. The van der Waals surface area contributed by atoms with Gasteiger partial charge in [-0.15, -0.1) is 0 Å². The summed E-state index contributed by atoms with van der Waals surface area (Å²) in [6.45, 7) is 6.18. The van der Waals surface area contributed by atoms with E-state index in [2.05, 4.69) is 20.2 Å². The van der Waals surface area contributed by atoms with Crippen LogP contribution in [0, 0.1) is 19.8 Å². The van der Waals surface area contributed by atoms with Crippen LogP contribution in [0.2, 0.25) is 0 Å². The standard InChI is InChI=1S/C22H30N4O3/c1-15-13-16(2)25-22(24-15)26-11-8-18(9-12-26)21(27)23-10-7-17-5-6-19(28-3)20(14-17)29-4/h5-6,13-14,18H,7-12H2,1-4H3,(H,23,27). The first kappa shape index (κ1) is 20.9. The minimum absolute atomic E-state index is 0.0440. The van der Waals surface area contributed by atoms with Gasteiger partial charge in [-0.1, -0.05) is 6.07 Å². The second-order valence-corrected chi connectivity index (χ2v) is 7.44. The van der Waals surface area contributed by atoms with E-state index in [1.165, 1.54) is 0 Å². The second kappa shape index (κ2) is 9.58. The predicted molar refractivity (Wildman–Crippen MR) is 113 cm³/mol. The number of aryl methyl sites for hydroxylation is 2. The van der Waals surface area contributed by atoms with E-state index in [0.29, 0.717) is 18.0 Å². The molecule has 0 radical (unpaired) electrons. The van der Waals surface area contributed by atoms with Crippen LogP contribution < -0.4 is 19.7 Å². The van der Waals surface area contributed by atoms with E-state index < -0.39 is 0 Å². The summed E-state index contributed by atoms with van der Waals surface area (Å²) in [5, 5.41) is 3.08. The molecule has 0 saturated carbocycles. The largest absolute Gasteiger partial charge is 0.493 e. The maximum absolute atomic E-state index is 12.6. The van der Waals surface area contributed by atoms with Crippen LogP contribution in [0.1, 0.15) is 29.8 Å². The van der Waals surface area contributed by atoms with E-state index >= 15 is 0 Å². The third kappa shape index (κ3) is 5.37. The molecule has 0 aliphatic carbocycles. The van der Waals surface area contributed by atoms with E-state index in [1.807, 2.05) is 38.1 Å². The molecule has 1 fully saturated rings. The Labute approximate surface area is 172 Å². The Kier molecular flexibility index (Phi) is 6.90. The molecule has 1 N–H and O–H groups in total. The van der Waals surface area contributed by atoms with E-state index in [4.69, 9.17) is 9.47 Å². The Morgan fingerprint density at radius 3 is 2.34 bits per heavy atom. The quantitative estimate of drug-likeness (QED) is 0.773. The summed E-state index contributed by atoms with van der Waals surface area (Å²) in [7, 11) is 3.24. The number of nitrogens with one attached hydrogen (secondary N) is 1. The number of rotatable bonds is 7. The first-order chi connectivity index (χ1) is 14.0. The highest BCUT2D eigenvalue weighted by Gasteiger charge is 2.26. The normalized spacial score (nSPS) is 14.6. The highest BCUT2D eigenvalue weighted by molar-refractivity contribution is 5.79. The molecular formula is C22H30N4O3. The summed E-state index contributed by atoms with van der Waals surface area (Å²) >= 11 is 0. The van der Waals surface area contributed by atoms with Crippen molar-refractivity contribution < 1.29 is 14.3 Å². The molecule has 3 rings (SSSR count). The van der Waals surface area contributed by atoms with Gasteiger partial charge in [-0.2, -0.15) is 0 Å². The predicted octanol–water partition coefficient (Wildman–Crippen LogP) is 2.69. The van der Waals surface area contributed by atoms with Gasteiger partial charge in [-0.25, -0.2) is 9.97 Å². The number of hydrogen-bond donors (Lipinski definition) is 1. The number of aromatic nitrogens is 2. The van der Waals surface area contributed by atoms with Crippen LogP contribution in [0.5, 0.6) is 11.5 Å². The molecule has 0 spiro atoms. The molecule has 1 aliphatic rings. The lowest BCUT2D eigenvalue weighted by atomic mass is 9.96. The average Bonchev–Trinajstić information content (AvgIpc) is 2.73. The topological polar surface area (TPSA) is 76.6 Å². The maximum Gasteiger partial charge on any atom is 0.225 e. The van der Waals surface area contributed by atoms with Crippen molar-refractivity contribution in [1.29, 1.82) is 0 Å². The smallest absolute Gasteiger partial charge is 0.225 e. The Bertz CT molecular complexity index is 828. The fourth-order valence-corrected chi connectivity index (χ4v) is 3.70. The summed E-state index contributed by atoms with van der Waals surface area (Å²) in [5.41, 5.74) is 3.05. The van der Waals surface area contributed by atoms with Crippen LogP contribution in [0.4, 0.5) is 5.95 Å². The summed E-state index contributed by atoms with van der Waals surface area (Å²) in [5.74, 6) is 2.36. The highest BCUT2D eigenvalue weighted by atomic mass is 16.5. The van der Waals surface area contributed by atoms with Gasteiger partial charge in [-0.05, 0) is 56.9 Å². The van der Waals surface area contributed by atoms with Crippen LogP contribution in [0.15, 0.2) is 24.3 Å². The summed E-state index contributed by atoms with van der Waals surface area (Å²) < 4.78 is 10.6. The van der Waals surface area contributed by atoms with Crippen molar-refractivity contribution in [2.24, 2.45) is 5.92 Å². The van der Waals surface area contributed by atoms with Crippen molar-refractivity contribution in [2.45, 2.75) is 33.1 Å². The van der Waals surface area contributed by atoms with Crippen molar-refractivity contribution in [2.75, 3.05) is 38.8 Å². The third-order valence-electron chi connectivity index (χ3n) is 5.28. The van der Waals surface area contributed by atoms with Gasteiger partial charge < -0.3 is 19.7 Å². The Morgan fingerprint density at radius 2 is 1.72 bits per heavy atom. The molecule has 2 aromatic rings. The van der Waals surface area contributed by atoms with Crippen molar-refractivity contribution >= 4 is 11.9 Å². The number of ether oxygens (including phenoxy) is 2. The van der Waals surface area contributed by atoms with E-state index in [1.54, 1.807) is 14.2 Å². The number of methoxy groups -OCH3 is 2. The summed E-state index contributed by atoms with van der Waals surface area (Å²) in [4.78, 5) is 23.8. The molecular weight excluding hydrogens is 368 g/mol. The molecule has 7 heteroatoms. The molecule has 1 aliphatic heterocycles. The van der Waals surface area contributed by atoms with Gasteiger partial charge >= 0.3 is 0 Å². The SMILES string of the molecule is COc1ccc(CCNC(=O)C2CCN(c3nc(C)cc(C)n3)CC2)cc1OC. The molecule has 29 heavy (non-hydrogen) atoms.